The number of nitrogens with one attached hydrogen (secondary N) is 1. The lowest BCUT2D eigenvalue weighted by Crippen LogP contribution is -2.18. The molecular weight excluding hydrogens is 266 g/mol. The quantitative estimate of drug-likeness (QED) is 0.679. The average Bonchev–Trinajstić information content (AvgIpc) is 2.59. The molecule has 1 N–H and O–H groups in total. The maximum Gasteiger partial charge on any atom is 0.0294 e. The van der Waals surface area contributed by atoms with Crippen LogP contribution >= 0.6 is 0 Å². The minimum absolute atomic E-state index is 0.338. The van der Waals surface area contributed by atoms with Crippen LogP contribution in [0.4, 0.5) is 0 Å². The van der Waals surface area contributed by atoms with Gasteiger partial charge in [-0.2, -0.15) is 0 Å². The molecule has 110 valence electrons. The first-order chi connectivity index (χ1) is 10.8. The van der Waals surface area contributed by atoms with Gasteiger partial charge in [0.1, 0.15) is 0 Å². The lowest BCUT2D eigenvalue weighted by molar-refractivity contribution is 0.619. The highest BCUT2D eigenvalue weighted by Crippen LogP contribution is 2.20. The summed E-state index contributed by atoms with van der Waals surface area (Å²) >= 11 is 0. The van der Waals surface area contributed by atoms with E-state index in [0.29, 0.717) is 6.04 Å². The molecule has 0 aliphatic carbocycles. The molecule has 0 unspecified atom stereocenters. The lowest BCUT2D eigenvalue weighted by Gasteiger charge is -2.13. The summed E-state index contributed by atoms with van der Waals surface area (Å²) in [5, 5.41) is 6.14. The molecule has 0 aliphatic rings. The Bertz CT molecular complexity index is 759. The van der Waals surface area contributed by atoms with Crippen LogP contribution in [0.1, 0.15) is 24.1 Å². The molecule has 0 radical (unpaired) electrons. The van der Waals surface area contributed by atoms with Crippen LogP contribution in [-0.4, -0.2) is 6.54 Å². The van der Waals surface area contributed by atoms with Crippen molar-refractivity contribution in [1.82, 2.24) is 5.32 Å². The average molecular weight is 287 g/mol. The molecule has 0 aromatic heterocycles. The summed E-state index contributed by atoms with van der Waals surface area (Å²) in [6.45, 7) is 3.07. The first kappa shape index (κ1) is 14.6. The number of hydrogen-bond donors (Lipinski definition) is 1. The summed E-state index contributed by atoms with van der Waals surface area (Å²) in [5.74, 6) is 0. The van der Waals surface area contributed by atoms with E-state index < -0.39 is 0 Å². The molecule has 0 saturated heterocycles. The minimum atomic E-state index is 0.338. The topological polar surface area (TPSA) is 12.0 Å². The van der Waals surface area contributed by atoms with Crippen LogP contribution in [0.5, 0.6) is 0 Å². The van der Waals surface area contributed by atoms with Crippen molar-refractivity contribution in [2.45, 2.75) is 13.0 Å². The van der Waals surface area contributed by atoms with Crippen LogP contribution in [0.2, 0.25) is 0 Å². The van der Waals surface area contributed by atoms with Crippen molar-refractivity contribution in [3.63, 3.8) is 0 Å². The van der Waals surface area contributed by atoms with Gasteiger partial charge in [-0.3, -0.25) is 0 Å². The zero-order valence-corrected chi connectivity index (χ0v) is 12.9. The van der Waals surface area contributed by atoms with Gasteiger partial charge in [0.05, 0.1) is 0 Å². The van der Waals surface area contributed by atoms with Crippen molar-refractivity contribution in [2.24, 2.45) is 0 Å². The van der Waals surface area contributed by atoms with Crippen molar-refractivity contribution in [1.29, 1.82) is 0 Å². The van der Waals surface area contributed by atoms with Crippen molar-refractivity contribution in [3.8, 4) is 0 Å². The smallest absolute Gasteiger partial charge is 0.0294 e. The second-order valence-corrected chi connectivity index (χ2v) is 5.55. The first-order valence-corrected chi connectivity index (χ1v) is 7.76. The van der Waals surface area contributed by atoms with Crippen LogP contribution in [0.25, 0.3) is 16.8 Å². The van der Waals surface area contributed by atoms with Gasteiger partial charge in [-0.05, 0) is 34.9 Å². The molecule has 3 rings (SSSR count). The monoisotopic (exact) mass is 287 g/mol. The van der Waals surface area contributed by atoms with E-state index in [9.17, 15) is 0 Å². The van der Waals surface area contributed by atoms with Crippen LogP contribution < -0.4 is 5.32 Å². The van der Waals surface area contributed by atoms with Crippen LogP contribution in [0, 0.1) is 0 Å². The van der Waals surface area contributed by atoms with E-state index >= 15 is 0 Å². The normalized spacial score (nSPS) is 12.8. The van der Waals surface area contributed by atoms with Crippen LogP contribution in [0.15, 0.2) is 78.9 Å². The Morgan fingerprint density at radius 2 is 1.59 bits per heavy atom. The Morgan fingerprint density at radius 3 is 2.41 bits per heavy atom. The van der Waals surface area contributed by atoms with Gasteiger partial charge < -0.3 is 5.32 Å². The number of fused-ring (bicyclic) bond motifs is 1. The summed E-state index contributed by atoms with van der Waals surface area (Å²) in [6, 6.07) is 25.9. The Labute approximate surface area is 132 Å². The molecule has 0 saturated carbocycles. The molecular formula is C21H21N. The molecule has 1 heteroatoms. The third-order valence-corrected chi connectivity index (χ3v) is 3.93. The third kappa shape index (κ3) is 3.63. The van der Waals surface area contributed by atoms with E-state index in [1.165, 1.54) is 21.9 Å². The summed E-state index contributed by atoms with van der Waals surface area (Å²) in [7, 11) is 0. The van der Waals surface area contributed by atoms with Gasteiger partial charge in [-0.15, -0.1) is 0 Å². The maximum absolute atomic E-state index is 3.55. The molecule has 0 bridgehead atoms. The molecule has 0 fully saturated rings. The third-order valence-electron chi connectivity index (χ3n) is 3.93. The number of hydrogen-bond acceptors (Lipinski definition) is 1. The first-order valence-electron chi connectivity index (χ1n) is 7.76. The lowest BCUT2D eigenvalue weighted by atomic mass is 10.0. The molecule has 0 heterocycles. The van der Waals surface area contributed by atoms with Gasteiger partial charge in [0.25, 0.3) is 0 Å². The van der Waals surface area contributed by atoms with Gasteiger partial charge >= 0.3 is 0 Å². The summed E-state index contributed by atoms with van der Waals surface area (Å²) in [6.07, 6.45) is 4.33. The van der Waals surface area contributed by atoms with Crippen molar-refractivity contribution in [3.05, 3.63) is 90.0 Å². The largest absolute Gasteiger partial charge is 0.307 e. The molecule has 1 atom stereocenters. The fourth-order valence-corrected chi connectivity index (χ4v) is 2.60. The number of benzene rings is 3. The second kappa shape index (κ2) is 7.06. The zero-order chi connectivity index (χ0) is 15.2. The summed E-state index contributed by atoms with van der Waals surface area (Å²) in [5.41, 5.74) is 2.56. The van der Waals surface area contributed by atoms with E-state index in [1.54, 1.807) is 0 Å². The van der Waals surface area contributed by atoms with E-state index in [1.807, 2.05) is 6.07 Å². The highest BCUT2D eigenvalue weighted by atomic mass is 14.9. The van der Waals surface area contributed by atoms with Crippen molar-refractivity contribution in [2.75, 3.05) is 6.54 Å². The summed E-state index contributed by atoms with van der Waals surface area (Å²) in [4.78, 5) is 0. The highest BCUT2D eigenvalue weighted by molar-refractivity contribution is 5.83. The van der Waals surface area contributed by atoms with Gasteiger partial charge in [0.15, 0.2) is 0 Å². The fraction of sp³-hybridized carbons (Fsp3) is 0.143. The van der Waals surface area contributed by atoms with Crippen LogP contribution in [0.3, 0.4) is 0 Å². The van der Waals surface area contributed by atoms with E-state index in [-0.39, 0.29) is 0 Å². The predicted octanol–water partition coefficient (Wildman–Crippen LogP) is 5.20. The SMILES string of the molecule is C[C@@H](NC/C=C/c1ccccc1)c1ccc2ccccc2c1. The van der Waals surface area contributed by atoms with Gasteiger partial charge in [-0.25, -0.2) is 0 Å². The second-order valence-electron chi connectivity index (χ2n) is 5.55. The highest BCUT2D eigenvalue weighted by Gasteiger charge is 2.04. The van der Waals surface area contributed by atoms with Crippen LogP contribution in [-0.2, 0) is 0 Å². The van der Waals surface area contributed by atoms with Crippen molar-refractivity contribution < 1.29 is 0 Å². The molecule has 0 aliphatic heterocycles. The fourth-order valence-electron chi connectivity index (χ4n) is 2.60. The molecule has 1 nitrogen and oxygen atoms in total. The van der Waals surface area contributed by atoms with E-state index in [4.69, 9.17) is 0 Å². The Balaban J connectivity index is 1.61. The molecule has 0 spiro atoms. The Hall–Kier alpha value is -2.38. The van der Waals surface area contributed by atoms with E-state index in [0.717, 1.165) is 6.54 Å². The van der Waals surface area contributed by atoms with Gasteiger partial charge in [-0.1, -0.05) is 78.9 Å². The molecule has 3 aromatic carbocycles. The Morgan fingerprint density at radius 1 is 0.864 bits per heavy atom. The minimum Gasteiger partial charge on any atom is -0.307 e. The summed E-state index contributed by atoms with van der Waals surface area (Å²) < 4.78 is 0. The van der Waals surface area contributed by atoms with Gasteiger partial charge in [0.2, 0.25) is 0 Å². The van der Waals surface area contributed by atoms with Gasteiger partial charge in [0, 0.05) is 12.6 Å². The molecule has 0 amide bonds. The maximum atomic E-state index is 3.55. The molecule has 22 heavy (non-hydrogen) atoms. The van der Waals surface area contributed by atoms with E-state index in [2.05, 4.69) is 91.1 Å². The number of rotatable bonds is 5. The van der Waals surface area contributed by atoms with Crippen molar-refractivity contribution >= 4 is 16.8 Å². The Kier molecular flexibility index (Phi) is 4.67. The standard InChI is InChI=1S/C21H21N/c1-17(22-15-7-10-18-8-3-2-4-9-18)20-14-13-19-11-5-6-12-21(19)16-20/h2-14,16-17,22H,15H2,1H3/b10-7+/t17-/m1/s1. The molecule has 3 aromatic rings. The zero-order valence-electron chi connectivity index (χ0n) is 12.9. The predicted molar refractivity (Wildman–Crippen MR) is 95.8 cm³/mol.